The number of hydrogen-bond acceptors (Lipinski definition) is 1. The van der Waals surface area contributed by atoms with Crippen LogP contribution < -0.4 is 0 Å². The zero-order valence-electron chi connectivity index (χ0n) is 12.1. The van der Waals surface area contributed by atoms with Crippen LogP contribution in [0.2, 0.25) is 0 Å². The first-order valence-electron chi connectivity index (χ1n) is 6.50. The molecule has 1 heterocycles. The number of nitrogens with zero attached hydrogens (tertiary/aromatic N) is 1. The molecule has 0 aliphatic carbocycles. The minimum absolute atomic E-state index is 0. The Hall–Kier alpha value is -1.46. The second-order valence-electron chi connectivity index (χ2n) is 3.71. The third-order valence-electron chi connectivity index (χ3n) is 2.27. The molecule has 0 bridgehead atoms. The van der Waals surface area contributed by atoms with Crippen molar-refractivity contribution in [2.45, 2.75) is 20.8 Å². The van der Waals surface area contributed by atoms with E-state index in [2.05, 4.69) is 23.2 Å². The van der Waals surface area contributed by atoms with E-state index in [-0.39, 0.29) is 21.1 Å². The first-order valence-corrected chi connectivity index (χ1v) is 6.50. The molecule has 0 aliphatic heterocycles. The smallest absolute Gasteiger partial charge is 0.282 e. The summed E-state index contributed by atoms with van der Waals surface area (Å²) in [4.78, 5) is 4.26. The standard InChI is InChI=1S/C10H8N.C6H5.C2H6.W/c1-8-6-9-4-2-3-5-10(9)11-7-8;1-2-4-6-5-3-1;1-2;/h3-7H,1H3;1-5H;1-2H3;/q2*-1;;+2. The summed E-state index contributed by atoms with van der Waals surface area (Å²) in [6, 6.07) is 23.4. The minimum atomic E-state index is 0. The van der Waals surface area contributed by atoms with Crippen LogP contribution in [0.3, 0.4) is 0 Å². The van der Waals surface area contributed by atoms with Crippen molar-refractivity contribution in [3.05, 3.63) is 78.5 Å². The summed E-state index contributed by atoms with van der Waals surface area (Å²) >= 11 is 0. The van der Waals surface area contributed by atoms with Crippen LogP contribution in [0.15, 0.2) is 60.8 Å². The number of aromatic nitrogens is 1. The van der Waals surface area contributed by atoms with Crippen LogP contribution >= 0.6 is 0 Å². The van der Waals surface area contributed by atoms with Gasteiger partial charge in [0.2, 0.25) is 0 Å². The maximum atomic E-state index is 4.26. The molecule has 0 saturated heterocycles. The van der Waals surface area contributed by atoms with Gasteiger partial charge in [0.1, 0.15) is 0 Å². The van der Waals surface area contributed by atoms with Gasteiger partial charge in [-0.25, -0.2) is 0 Å². The number of fused-ring (bicyclic) bond motifs is 1. The summed E-state index contributed by atoms with van der Waals surface area (Å²) in [5, 5.41) is 1.16. The summed E-state index contributed by atoms with van der Waals surface area (Å²) in [7, 11) is 0. The van der Waals surface area contributed by atoms with Crippen molar-refractivity contribution in [2.75, 3.05) is 0 Å². The number of aryl methyl sites for hydroxylation is 1. The Morgan fingerprint density at radius 3 is 2.20 bits per heavy atom. The number of rotatable bonds is 0. The van der Waals surface area contributed by atoms with E-state index in [1.807, 2.05) is 75.5 Å². The van der Waals surface area contributed by atoms with Crippen LogP contribution in [0, 0.1) is 19.1 Å². The fourth-order valence-corrected chi connectivity index (χ4v) is 1.46. The Bertz CT molecular complexity index is 552. The molecular weight excluding hydrogens is 414 g/mol. The molecule has 0 saturated carbocycles. The van der Waals surface area contributed by atoms with E-state index in [0.29, 0.717) is 0 Å². The molecule has 3 aromatic rings. The molecular formula is C18H19NW. The van der Waals surface area contributed by atoms with Crippen molar-refractivity contribution >= 4 is 10.9 Å². The Balaban J connectivity index is 0.000000345. The van der Waals surface area contributed by atoms with Gasteiger partial charge in [-0.3, -0.25) is 4.98 Å². The van der Waals surface area contributed by atoms with Crippen LogP contribution in [0.4, 0.5) is 0 Å². The molecule has 0 radical (unpaired) electrons. The second kappa shape index (κ2) is 11.4. The Morgan fingerprint density at radius 1 is 0.950 bits per heavy atom. The molecule has 0 spiro atoms. The van der Waals surface area contributed by atoms with Crippen molar-refractivity contribution in [3.8, 4) is 0 Å². The van der Waals surface area contributed by atoms with Crippen LogP contribution in [-0.4, -0.2) is 4.98 Å². The molecule has 102 valence electrons. The largest absolute Gasteiger partial charge is 2.00 e. The van der Waals surface area contributed by atoms with Gasteiger partial charge in [-0.1, -0.05) is 13.8 Å². The predicted molar refractivity (Wildman–Crippen MR) is 81.9 cm³/mol. The molecule has 1 nitrogen and oxygen atoms in total. The average Bonchev–Trinajstić information content (AvgIpc) is 2.51. The topological polar surface area (TPSA) is 12.9 Å². The molecule has 0 atom stereocenters. The van der Waals surface area contributed by atoms with E-state index in [9.17, 15) is 0 Å². The maximum absolute atomic E-state index is 4.26. The van der Waals surface area contributed by atoms with Crippen LogP contribution in [0.1, 0.15) is 19.4 Å². The summed E-state index contributed by atoms with van der Waals surface area (Å²) in [5.74, 6) is 0. The van der Waals surface area contributed by atoms with Gasteiger partial charge in [-0.2, -0.15) is 54.6 Å². The van der Waals surface area contributed by atoms with Gasteiger partial charge in [-0.05, 0) is 18.0 Å². The fraction of sp³-hybridized carbons (Fsp3) is 0.167. The summed E-state index contributed by atoms with van der Waals surface area (Å²) in [6.45, 7) is 6.04. The minimum Gasteiger partial charge on any atom is -0.282 e. The van der Waals surface area contributed by atoms with E-state index in [1.165, 1.54) is 5.56 Å². The first-order chi connectivity index (χ1) is 9.36. The monoisotopic (exact) mass is 433 g/mol. The van der Waals surface area contributed by atoms with E-state index in [0.717, 1.165) is 10.9 Å². The fourth-order valence-electron chi connectivity index (χ4n) is 1.46. The van der Waals surface area contributed by atoms with Crippen LogP contribution in [-0.2, 0) is 21.1 Å². The van der Waals surface area contributed by atoms with E-state index < -0.39 is 0 Å². The Morgan fingerprint density at radius 2 is 1.65 bits per heavy atom. The summed E-state index contributed by atoms with van der Waals surface area (Å²) in [6.07, 6.45) is 1.88. The van der Waals surface area contributed by atoms with Crippen molar-refractivity contribution in [1.82, 2.24) is 4.98 Å². The third-order valence-corrected chi connectivity index (χ3v) is 2.27. The summed E-state index contributed by atoms with van der Waals surface area (Å²) in [5.41, 5.74) is 2.23. The van der Waals surface area contributed by atoms with Crippen LogP contribution in [0.5, 0.6) is 0 Å². The zero-order valence-corrected chi connectivity index (χ0v) is 15.1. The van der Waals surface area contributed by atoms with E-state index in [4.69, 9.17) is 0 Å². The normalized spacial score (nSPS) is 8.35. The van der Waals surface area contributed by atoms with Gasteiger partial charge in [-0.15, -0.1) is 17.5 Å². The molecule has 1 aromatic heterocycles. The quantitative estimate of drug-likeness (QED) is 0.462. The van der Waals surface area contributed by atoms with Crippen molar-refractivity contribution in [1.29, 1.82) is 0 Å². The number of benzene rings is 2. The average molecular weight is 433 g/mol. The van der Waals surface area contributed by atoms with E-state index >= 15 is 0 Å². The summed E-state index contributed by atoms with van der Waals surface area (Å²) < 4.78 is 0. The molecule has 0 N–H and O–H groups in total. The predicted octanol–water partition coefficient (Wildman–Crippen LogP) is 4.85. The van der Waals surface area contributed by atoms with E-state index in [1.54, 1.807) is 0 Å². The molecule has 0 aliphatic rings. The zero-order chi connectivity index (χ0) is 13.9. The Kier molecular flexibility index (Phi) is 10.5. The van der Waals surface area contributed by atoms with Crippen molar-refractivity contribution in [2.24, 2.45) is 0 Å². The molecule has 0 unspecified atom stereocenters. The third kappa shape index (κ3) is 6.63. The van der Waals surface area contributed by atoms with Gasteiger partial charge < -0.3 is 0 Å². The van der Waals surface area contributed by atoms with Gasteiger partial charge >= 0.3 is 21.1 Å². The first kappa shape index (κ1) is 18.5. The molecule has 2 aromatic carbocycles. The second-order valence-corrected chi connectivity index (χ2v) is 3.71. The van der Waals surface area contributed by atoms with Gasteiger partial charge in [0.25, 0.3) is 0 Å². The van der Waals surface area contributed by atoms with Crippen molar-refractivity contribution in [3.63, 3.8) is 0 Å². The Labute approximate surface area is 136 Å². The molecule has 3 rings (SSSR count). The maximum Gasteiger partial charge on any atom is 2.00 e. The molecule has 20 heavy (non-hydrogen) atoms. The van der Waals surface area contributed by atoms with Gasteiger partial charge in [0, 0.05) is 6.20 Å². The van der Waals surface area contributed by atoms with Crippen molar-refractivity contribution < 1.29 is 21.1 Å². The van der Waals surface area contributed by atoms with Gasteiger partial charge in [0.05, 0.1) is 0 Å². The SMILES string of the molecule is CC.Cc1cnc2cc[c-]cc2c1.[W+2].[c-]1ccccc1. The molecule has 2 heteroatoms. The number of hydrogen-bond donors (Lipinski definition) is 0. The van der Waals surface area contributed by atoms with Gasteiger partial charge in [0.15, 0.2) is 0 Å². The number of pyridine rings is 1. The molecule has 0 amide bonds. The molecule has 0 fully saturated rings. The van der Waals surface area contributed by atoms with Crippen LogP contribution in [0.25, 0.3) is 10.9 Å².